The smallest absolute Gasteiger partial charge is 0.164 e. The number of ether oxygens (including phenoxy) is 2. The first kappa shape index (κ1) is 10.2. The third kappa shape index (κ3) is 3.57. The lowest BCUT2D eigenvalue weighted by Crippen LogP contribution is -2.19. The van der Waals surface area contributed by atoms with Crippen LogP contribution in [0.5, 0.6) is 0 Å². The van der Waals surface area contributed by atoms with Crippen LogP contribution in [0.25, 0.3) is 0 Å². The molecule has 4 nitrogen and oxygen atoms in total. The first-order valence-electron chi connectivity index (χ1n) is 4.49. The molecule has 4 heteroatoms. The zero-order valence-electron chi connectivity index (χ0n) is 8.03. The van der Waals surface area contributed by atoms with Crippen molar-refractivity contribution in [2.45, 2.75) is 26.6 Å². The van der Waals surface area contributed by atoms with Crippen molar-refractivity contribution in [3.8, 4) is 0 Å². The lowest BCUT2D eigenvalue weighted by Gasteiger charge is -2.14. The minimum absolute atomic E-state index is 0.219. The Hall–Kier alpha value is -0.870. The molecule has 0 aliphatic rings. The Morgan fingerprint density at radius 2 is 2.08 bits per heavy atom. The molecule has 0 saturated heterocycles. The summed E-state index contributed by atoms with van der Waals surface area (Å²) in [5, 5.41) is 3.61. The summed E-state index contributed by atoms with van der Waals surface area (Å²) in [6, 6.07) is 1.81. The monoisotopic (exact) mass is 185 g/mol. The Balaban J connectivity index is 2.37. The van der Waals surface area contributed by atoms with Crippen molar-refractivity contribution >= 4 is 0 Å². The first-order chi connectivity index (χ1) is 6.36. The molecule has 0 bridgehead atoms. The van der Waals surface area contributed by atoms with E-state index in [0.717, 1.165) is 5.76 Å². The molecular weight excluding hydrogens is 170 g/mol. The fraction of sp³-hybridized carbons (Fsp3) is 0.667. The minimum atomic E-state index is -0.219. The van der Waals surface area contributed by atoms with E-state index in [-0.39, 0.29) is 6.29 Å². The minimum Gasteiger partial charge on any atom is -0.361 e. The van der Waals surface area contributed by atoms with E-state index < -0.39 is 0 Å². The van der Waals surface area contributed by atoms with Gasteiger partial charge in [0.25, 0.3) is 0 Å². The SMILES string of the molecule is CCOC(Cc1ccno1)OCC. The van der Waals surface area contributed by atoms with E-state index in [2.05, 4.69) is 5.16 Å². The van der Waals surface area contributed by atoms with Crippen LogP contribution in [0.2, 0.25) is 0 Å². The van der Waals surface area contributed by atoms with E-state index in [9.17, 15) is 0 Å². The number of rotatable bonds is 6. The van der Waals surface area contributed by atoms with Gasteiger partial charge in [-0.15, -0.1) is 0 Å². The van der Waals surface area contributed by atoms with Gasteiger partial charge in [-0.2, -0.15) is 0 Å². The molecule has 0 N–H and O–H groups in total. The predicted octanol–water partition coefficient (Wildman–Crippen LogP) is 1.62. The van der Waals surface area contributed by atoms with E-state index in [4.69, 9.17) is 14.0 Å². The zero-order valence-corrected chi connectivity index (χ0v) is 8.03. The summed E-state index contributed by atoms with van der Waals surface area (Å²) in [6.07, 6.45) is 2.01. The molecular formula is C9H15NO3. The summed E-state index contributed by atoms with van der Waals surface area (Å²) < 4.78 is 15.6. The highest BCUT2D eigenvalue weighted by molar-refractivity contribution is 4.93. The van der Waals surface area contributed by atoms with Crippen molar-refractivity contribution in [2.75, 3.05) is 13.2 Å². The van der Waals surface area contributed by atoms with Gasteiger partial charge in [-0.25, -0.2) is 0 Å². The van der Waals surface area contributed by atoms with Crippen LogP contribution in [0.15, 0.2) is 16.8 Å². The summed E-state index contributed by atoms with van der Waals surface area (Å²) in [5.41, 5.74) is 0. The topological polar surface area (TPSA) is 44.5 Å². The maximum atomic E-state index is 5.35. The summed E-state index contributed by atoms with van der Waals surface area (Å²) in [7, 11) is 0. The van der Waals surface area contributed by atoms with Gasteiger partial charge in [-0.05, 0) is 13.8 Å². The van der Waals surface area contributed by atoms with E-state index in [0.29, 0.717) is 19.6 Å². The number of nitrogens with zero attached hydrogens (tertiary/aromatic N) is 1. The lowest BCUT2D eigenvalue weighted by atomic mass is 10.3. The summed E-state index contributed by atoms with van der Waals surface area (Å²) in [5.74, 6) is 0.784. The maximum Gasteiger partial charge on any atom is 0.164 e. The Morgan fingerprint density at radius 1 is 1.38 bits per heavy atom. The second-order valence-corrected chi connectivity index (χ2v) is 2.52. The molecule has 13 heavy (non-hydrogen) atoms. The standard InChI is InChI=1S/C9H15NO3/c1-3-11-9(12-4-2)7-8-5-6-10-13-8/h5-6,9H,3-4,7H2,1-2H3. The molecule has 1 aromatic rings. The normalized spacial score (nSPS) is 11.0. The Morgan fingerprint density at radius 3 is 2.54 bits per heavy atom. The van der Waals surface area contributed by atoms with Gasteiger partial charge in [0.05, 0.1) is 12.6 Å². The average Bonchev–Trinajstić information content (AvgIpc) is 2.58. The van der Waals surface area contributed by atoms with Crippen LogP contribution in [0.4, 0.5) is 0 Å². The second kappa shape index (κ2) is 5.72. The van der Waals surface area contributed by atoms with Gasteiger partial charge < -0.3 is 14.0 Å². The van der Waals surface area contributed by atoms with Crippen LogP contribution in [0, 0.1) is 0 Å². The van der Waals surface area contributed by atoms with E-state index >= 15 is 0 Å². The molecule has 0 radical (unpaired) electrons. The fourth-order valence-electron chi connectivity index (χ4n) is 1.05. The predicted molar refractivity (Wildman–Crippen MR) is 47.2 cm³/mol. The van der Waals surface area contributed by atoms with Crippen molar-refractivity contribution in [3.05, 3.63) is 18.0 Å². The highest BCUT2D eigenvalue weighted by Gasteiger charge is 2.10. The average molecular weight is 185 g/mol. The van der Waals surface area contributed by atoms with Gasteiger partial charge in [0, 0.05) is 19.3 Å². The fourth-order valence-corrected chi connectivity index (χ4v) is 1.05. The van der Waals surface area contributed by atoms with Crippen molar-refractivity contribution in [1.82, 2.24) is 5.16 Å². The molecule has 0 aromatic carbocycles. The molecule has 0 unspecified atom stereocenters. The maximum absolute atomic E-state index is 5.35. The summed E-state index contributed by atoms with van der Waals surface area (Å²) in [4.78, 5) is 0. The summed E-state index contributed by atoms with van der Waals surface area (Å²) >= 11 is 0. The largest absolute Gasteiger partial charge is 0.361 e. The van der Waals surface area contributed by atoms with Gasteiger partial charge in [0.15, 0.2) is 6.29 Å². The van der Waals surface area contributed by atoms with E-state index in [1.807, 2.05) is 19.9 Å². The Bertz CT molecular complexity index is 205. The first-order valence-corrected chi connectivity index (χ1v) is 4.49. The molecule has 0 spiro atoms. The van der Waals surface area contributed by atoms with Crippen LogP contribution in [-0.4, -0.2) is 24.7 Å². The van der Waals surface area contributed by atoms with Crippen LogP contribution in [-0.2, 0) is 15.9 Å². The lowest BCUT2D eigenvalue weighted by molar-refractivity contribution is -0.136. The van der Waals surface area contributed by atoms with Crippen LogP contribution >= 0.6 is 0 Å². The van der Waals surface area contributed by atoms with E-state index in [1.54, 1.807) is 6.20 Å². The van der Waals surface area contributed by atoms with Crippen molar-refractivity contribution < 1.29 is 14.0 Å². The number of hydrogen-bond donors (Lipinski definition) is 0. The quantitative estimate of drug-likeness (QED) is 0.632. The van der Waals surface area contributed by atoms with Crippen LogP contribution < -0.4 is 0 Å². The Labute approximate surface area is 77.8 Å². The highest BCUT2D eigenvalue weighted by atomic mass is 16.7. The van der Waals surface area contributed by atoms with Gasteiger partial charge in [-0.3, -0.25) is 0 Å². The van der Waals surface area contributed by atoms with Crippen molar-refractivity contribution in [2.24, 2.45) is 0 Å². The molecule has 1 rings (SSSR count). The molecule has 0 aliphatic carbocycles. The highest BCUT2D eigenvalue weighted by Crippen LogP contribution is 2.06. The Kier molecular flexibility index (Phi) is 4.49. The van der Waals surface area contributed by atoms with Crippen LogP contribution in [0.1, 0.15) is 19.6 Å². The van der Waals surface area contributed by atoms with Gasteiger partial charge in [-0.1, -0.05) is 5.16 Å². The summed E-state index contributed by atoms with van der Waals surface area (Å²) in [6.45, 7) is 5.15. The van der Waals surface area contributed by atoms with Crippen molar-refractivity contribution in [1.29, 1.82) is 0 Å². The van der Waals surface area contributed by atoms with Crippen LogP contribution in [0.3, 0.4) is 0 Å². The molecule has 0 saturated carbocycles. The molecule has 0 amide bonds. The van der Waals surface area contributed by atoms with Gasteiger partial charge >= 0.3 is 0 Å². The number of hydrogen-bond acceptors (Lipinski definition) is 4. The third-order valence-electron chi connectivity index (χ3n) is 1.56. The molecule has 1 heterocycles. The third-order valence-corrected chi connectivity index (χ3v) is 1.56. The van der Waals surface area contributed by atoms with Gasteiger partial charge in [0.2, 0.25) is 0 Å². The molecule has 1 aromatic heterocycles. The molecule has 74 valence electrons. The molecule has 0 atom stereocenters. The second-order valence-electron chi connectivity index (χ2n) is 2.52. The molecule has 0 aliphatic heterocycles. The van der Waals surface area contributed by atoms with Gasteiger partial charge in [0.1, 0.15) is 5.76 Å². The molecule has 0 fully saturated rings. The van der Waals surface area contributed by atoms with E-state index in [1.165, 1.54) is 0 Å². The van der Waals surface area contributed by atoms with Crippen molar-refractivity contribution in [3.63, 3.8) is 0 Å². The number of aromatic nitrogens is 1. The zero-order chi connectivity index (χ0) is 9.52.